The number of carboxylic acids is 1. The number of nitrogens with zero attached hydrogens (tertiary/aromatic N) is 2. The second-order valence-corrected chi connectivity index (χ2v) is 10.9. The van der Waals surface area contributed by atoms with E-state index in [2.05, 4.69) is 31.7 Å². The van der Waals surface area contributed by atoms with Crippen LogP contribution in [0, 0.1) is 36.8 Å². The molecule has 0 saturated carbocycles. The second-order valence-electron chi connectivity index (χ2n) is 10.9. The number of aryl methyl sites for hydroxylation is 1. The van der Waals surface area contributed by atoms with Gasteiger partial charge < -0.3 is 25.0 Å². The number of methoxy groups -OCH3 is 1. The Labute approximate surface area is 224 Å². The number of ether oxygens (including phenoxy) is 1. The van der Waals surface area contributed by atoms with E-state index in [-0.39, 0.29) is 23.1 Å². The Hall–Kier alpha value is -3.22. The van der Waals surface area contributed by atoms with E-state index in [9.17, 15) is 23.8 Å². The predicted molar refractivity (Wildman–Crippen MR) is 145 cm³/mol. The molecule has 0 spiro atoms. The maximum absolute atomic E-state index is 14.5. The number of aromatic nitrogens is 1. The van der Waals surface area contributed by atoms with Gasteiger partial charge in [0.05, 0.1) is 37.1 Å². The Morgan fingerprint density at radius 2 is 1.63 bits per heavy atom. The van der Waals surface area contributed by atoms with E-state index in [1.54, 1.807) is 27.7 Å². The summed E-state index contributed by atoms with van der Waals surface area (Å²) in [6.45, 7) is 12.1. The van der Waals surface area contributed by atoms with E-state index in [1.165, 1.54) is 7.11 Å². The first-order chi connectivity index (χ1) is 17.6. The fourth-order valence-corrected chi connectivity index (χ4v) is 4.15. The molecule has 0 radical (unpaired) electrons. The van der Waals surface area contributed by atoms with Crippen LogP contribution in [0.15, 0.2) is 12.1 Å². The van der Waals surface area contributed by atoms with Crippen molar-refractivity contribution in [1.29, 1.82) is 0 Å². The van der Waals surface area contributed by atoms with E-state index in [0.717, 1.165) is 25.0 Å². The van der Waals surface area contributed by atoms with Crippen LogP contribution in [0.4, 0.5) is 14.5 Å². The molecule has 1 aliphatic heterocycles. The molecule has 0 aliphatic carbocycles. The number of pyridine rings is 1. The van der Waals surface area contributed by atoms with Gasteiger partial charge in [0.15, 0.2) is 17.4 Å². The SMILES string of the molecule is C#C.CC(C)(C)O.COc1c(F)cc(-c2c(CO)nc(C)c(CC(=O)O)c2N2CCC(C)(C)CC2)cc1F. The van der Waals surface area contributed by atoms with E-state index >= 15 is 0 Å². The van der Waals surface area contributed by atoms with Crippen molar-refractivity contribution in [3.05, 3.63) is 40.7 Å². The third-order valence-electron chi connectivity index (χ3n) is 5.95. The molecule has 38 heavy (non-hydrogen) atoms. The summed E-state index contributed by atoms with van der Waals surface area (Å²) in [5.41, 5.74) is 1.95. The first kappa shape index (κ1) is 32.8. The number of benzene rings is 1. The molecule has 9 heteroatoms. The lowest BCUT2D eigenvalue weighted by Crippen LogP contribution is -2.38. The van der Waals surface area contributed by atoms with Gasteiger partial charge in [-0.1, -0.05) is 13.8 Å². The average molecular weight is 535 g/mol. The molecular formula is C29H40F2N2O5. The van der Waals surface area contributed by atoms with Crippen LogP contribution in [0.2, 0.25) is 0 Å². The molecule has 1 aromatic carbocycles. The Kier molecular flexibility index (Phi) is 11.7. The van der Waals surface area contributed by atoms with Crippen LogP contribution in [0.3, 0.4) is 0 Å². The van der Waals surface area contributed by atoms with Gasteiger partial charge in [-0.25, -0.2) is 8.78 Å². The topological polar surface area (TPSA) is 103 Å². The standard InChI is InChI=1S/C23H28F2N2O4.C4H10O.C2H2/c1-13-15(11-19(29)30)21(27-7-5-23(2,3)6-8-27)20(18(12-28)26-13)14-9-16(24)22(31-4)17(25)10-14;1-4(2,3)5;1-2/h9-10,28H,5-8,11-12H2,1-4H3,(H,29,30);5H,1-3H3;1-2H. The molecule has 2 heterocycles. The van der Waals surface area contributed by atoms with Crippen LogP contribution in [-0.2, 0) is 17.8 Å². The summed E-state index contributed by atoms with van der Waals surface area (Å²) in [5.74, 6) is -3.29. The zero-order valence-corrected chi connectivity index (χ0v) is 23.4. The Bertz CT molecular complexity index is 1100. The van der Waals surface area contributed by atoms with Gasteiger partial charge in [0.25, 0.3) is 0 Å². The number of hydrogen-bond donors (Lipinski definition) is 3. The fraction of sp³-hybridized carbons (Fsp3) is 0.517. The number of terminal acetylenes is 1. The molecule has 1 saturated heterocycles. The average Bonchev–Trinajstić information content (AvgIpc) is 2.80. The number of anilines is 1. The lowest BCUT2D eigenvalue weighted by Gasteiger charge is -2.40. The van der Waals surface area contributed by atoms with Gasteiger partial charge in [-0.3, -0.25) is 9.78 Å². The van der Waals surface area contributed by atoms with Gasteiger partial charge in [-0.15, -0.1) is 12.8 Å². The quantitative estimate of drug-likeness (QED) is 0.442. The summed E-state index contributed by atoms with van der Waals surface area (Å²) in [4.78, 5) is 18.1. The maximum atomic E-state index is 14.5. The van der Waals surface area contributed by atoms with Crippen LogP contribution < -0.4 is 9.64 Å². The number of piperidine rings is 1. The Morgan fingerprint density at radius 1 is 1.16 bits per heavy atom. The zero-order valence-electron chi connectivity index (χ0n) is 23.4. The molecular weight excluding hydrogens is 494 g/mol. The van der Waals surface area contributed by atoms with Gasteiger partial charge >= 0.3 is 5.97 Å². The number of rotatable bonds is 6. The zero-order chi connectivity index (χ0) is 29.4. The van der Waals surface area contributed by atoms with Crippen LogP contribution in [-0.4, -0.2) is 52.1 Å². The number of hydrogen-bond acceptors (Lipinski definition) is 6. The van der Waals surface area contributed by atoms with Crippen LogP contribution in [0.25, 0.3) is 11.1 Å². The Balaban J connectivity index is 0.000000924. The molecule has 3 N–H and O–H groups in total. The van der Waals surface area contributed by atoms with Crippen LogP contribution >= 0.6 is 0 Å². The second kappa shape index (κ2) is 13.5. The number of aliphatic hydroxyl groups is 2. The van der Waals surface area contributed by atoms with Crippen molar-refractivity contribution < 1.29 is 33.6 Å². The highest BCUT2D eigenvalue weighted by molar-refractivity contribution is 5.86. The summed E-state index contributed by atoms with van der Waals surface area (Å²) in [5, 5.41) is 28.0. The van der Waals surface area contributed by atoms with E-state index in [1.807, 2.05) is 4.90 Å². The molecule has 1 aliphatic rings. The molecule has 0 bridgehead atoms. The summed E-state index contributed by atoms with van der Waals surface area (Å²) in [7, 11) is 1.18. The van der Waals surface area contributed by atoms with Gasteiger partial charge in [0.1, 0.15) is 0 Å². The lowest BCUT2D eigenvalue weighted by molar-refractivity contribution is -0.136. The number of carboxylic acid groups (broad SMARTS) is 1. The smallest absolute Gasteiger partial charge is 0.307 e. The number of halogens is 2. The number of aliphatic carboxylic acids is 1. The van der Waals surface area contributed by atoms with E-state index in [0.29, 0.717) is 35.6 Å². The normalized spacial score (nSPS) is 14.5. The monoisotopic (exact) mass is 534 g/mol. The highest BCUT2D eigenvalue weighted by atomic mass is 19.1. The summed E-state index contributed by atoms with van der Waals surface area (Å²) in [6.07, 6.45) is 9.47. The predicted octanol–water partition coefficient (Wildman–Crippen LogP) is 5.12. The molecule has 0 unspecified atom stereocenters. The van der Waals surface area contributed by atoms with Crippen molar-refractivity contribution in [2.75, 3.05) is 25.1 Å². The molecule has 1 fully saturated rings. The molecule has 0 amide bonds. The number of carbonyl (C=O) groups is 1. The van der Waals surface area contributed by atoms with Gasteiger partial charge in [-0.2, -0.15) is 0 Å². The molecule has 2 aromatic rings. The highest BCUT2D eigenvalue weighted by Gasteiger charge is 2.31. The molecule has 3 rings (SSSR count). The molecule has 210 valence electrons. The third kappa shape index (κ3) is 8.96. The third-order valence-corrected chi connectivity index (χ3v) is 5.95. The Morgan fingerprint density at radius 3 is 2.03 bits per heavy atom. The first-order valence-corrected chi connectivity index (χ1v) is 12.3. The fourth-order valence-electron chi connectivity index (χ4n) is 4.15. The van der Waals surface area contributed by atoms with Crippen molar-refractivity contribution in [3.63, 3.8) is 0 Å². The van der Waals surface area contributed by atoms with Crippen molar-refractivity contribution in [2.45, 2.75) is 73.0 Å². The summed E-state index contributed by atoms with van der Waals surface area (Å²) >= 11 is 0. The molecule has 7 nitrogen and oxygen atoms in total. The minimum atomic E-state index is -1.03. The van der Waals surface area contributed by atoms with Crippen LogP contribution in [0.1, 0.15) is 64.4 Å². The van der Waals surface area contributed by atoms with E-state index in [4.69, 9.17) is 9.84 Å². The van der Waals surface area contributed by atoms with Crippen molar-refractivity contribution in [3.8, 4) is 29.7 Å². The minimum Gasteiger partial charge on any atom is -0.491 e. The van der Waals surface area contributed by atoms with Crippen molar-refractivity contribution in [2.24, 2.45) is 5.41 Å². The highest BCUT2D eigenvalue weighted by Crippen LogP contribution is 2.42. The van der Waals surface area contributed by atoms with E-state index < -0.39 is 35.6 Å². The number of aliphatic hydroxyl groups excluding tert-OH is 1. The van der Waals surface area contributed by atoms with Crippen molar-refractivity contribution in [1.82, 2.24) is 4.98 Å². The lowest BCUT2D eigenvalue weighted by atomic mass is 9.82. The summed E-state index contributed by atoms with van der Waals surface area (Å²) < 4.78 is 33.9. The largest absolute Gasteiger partial charge is 0.491 e. The maximum Gasteiger partial charge on any atom is 0.307 e. The first-order valence-electron chi connectivity index (χ1n) is 12.3. The van der Waals surface area contributed by atoms with Crippen LogP contribution in [0.5, 0.6) is 5.75 Å². The van der Waals surface area contributed by atoms with Gasteiger partial charge in [0.2, 0.25) is 0 Å². The molecule has 1 aromatic heterocycles. The minimum absolute atomic E-state index is 0.143. The van der Waals surface area contributed by atoms with Gasteiger partial charge in [-0.05, 0) is 63.6 Å². The van der Waals surface area contributed by atoms with Crippen molar-refractivity contribution >= 4 is 11.7 Å². The van der Waals surface area contributed by atoms with Gasteiger partial charge in [0, 0.05) is 29.9 Å². The summed E-state index contributed by atoms with van der Waals surface area (Å²) in [6, 6.07) is 2.27. The molecule has 0 atom stereocenters.